The van der Waals surface area contributed by atoms with E-state index in [4.69, 9.17) is 4.11 Å². The highest BCUT2D eigenvalue weighted by atomic mass is 32.2. The fourth-order valence-electron chi connectivity index (χ4n) is 2.58. The highest BCUT2D eigenvalue weighted by Gasteiger charge is 2.23. The summed E-state index contributed by atoms with van der Waals surface area (Å²) in [7, 11) is -4.00. The molecular weight excluding hydrogens is 339 g/mol. The van der Waals surface area contributed by atoms with Crippen LogP contribution in [0.3, 0.4) is 0 Å². The average molecular weight is 361 g/mol. The largest absolute Gasteiger partial charge is 0.316 e. The van der Waals surface area contributed by atoms with Crippen molar-refractivity contribution in [3.05, 3.63) is 77.7 Å². The third-order valence-electron chi connectivity index (χ3n) is 3.86. The summed E-state index contributed by atoms with van der Waals surface area (Å²) in [6.07, 6.45) is 1.32. The summed E-state index contributed by atoms with van der Waals surface area (Å²) in [4.78, 5) is 0.0571. The molecule has 25 heavy (non-hydrogen) atoms. The van der Waals surface area contributed by atoms with Gasteiger partial charge < -0.3 is 5.32 Å². The first kappa shape index (κ1) is 13.8. The number of aromatic nitrogens is 1. The van der Waals surface area contributed by atoms with Crippen LogP contribution >= 0.6 is 0 Å². The molecule has 0 spiro atoms. The van der Waals surface area contributed by atoms with Crippen LogP contribution in [0.25, 0.3) is 11.3 Å². The maximum atomic E-state index is 14.4. The van der Waals surface area contributed by atoms with Gasteiger partial charge in [0.25, 0.3) is 10.0 Å². The molecule has 0 bridgehead atoms. The molecule has 3 aromatic rings. The minimum absolute atomic E-state index is 0.0571. The van der Waals surface area contributed by atoms with Crippen LogP contribution in [0.15, 0.2) is 65.7 Å². The molecule has 0 aliphatic rings. The van der Waals surface area contributed by atoms with Crippen LogP contribution in [0.1, 0.15) is 15.2 Å². The number of hydrogen-bond acceptors (Lipinski definition) is 3. The molecule has 0 saturated heterocycles. The van der Waals surface area contributed by atoms with E-state index in [1.807, 2.05) is 6.92 Å². The zero-order valence-electron chi connectivity index (χ0n) is 16.5. The van der Waals surface area contributed by atoms with Crippen molar-refractivity contribution in [3.8, 4) is 11.3 Å². The Hall–Kier alpha value is -2.44. The van der Waals surface area contributed by atoms with Gasteiger partial charge in [0.1, 0.15) is 5.82 Å². The Balaban J connectivity index is 2.14. The lowest BCUT2D eigenvalue weighted by molar-refractivity contribution is 0.587. The first-order valence-electron chi connectivity index (χ1n) is 9.11. The summed E-state index contributed by atoms with van der Waals surface area (Å²) in [6, 6.07) is 13.6. The van der Waals surface area contributed by atoms with E-state index in [-0.39, 0.29) is 22.7 Å². The number of halogens is 1. The average Bonchev–Trinajstić information content (AvgIpc) is 3.05. The Morgan fingerprint density at radius 3 is 2.56 bits per heavy atom. The third kappa shape index (κ3) is 3.36. The number of benzene rings is 2. The molecule has 0 unspecified atom stereocenters. The molecule has 0 amide bonds. The standard InChI is InChI=1S/C19H19FN2O2S/c1-14-7-9-16(10-8-14)25(23,24)22-13-15(12-21-2)11-19(22)17-5-3-4-6-18(17)20/h3-11,13,21H,12H2,1-2H3/i2D3. The molecule has 0 aliphatic carbocycles. The SMILES string of the molecule is [2H]C([2H])([2H])NCc1cc(-c2ccccc2F)n(S(=O)(=O)c2ccc(C)cc2)c1. The van der Waals surface area contributed by atoms with Crippen LogP contribution in [-0.2, 0) is 16.6 Å². The summed E-state index contributed by atoms with van der Waals surface area (Å²) in [5.41, 5.74) is 1.55. The van der Waals surface area contributed by atoms with Gasteiger partial charge in [-0.05, 0) is 49.8 Å². The van der Waals surface area contributed by atoms with Gasteiger partial charge in [0, 0.05) is 22.4 Å². The fourth-order valence-corrected chi connectivity index (χ4v) is 3.97. The predicted molar refractivity (Wildman–Crippen MR) is 96.4 cm³/mol. The van der Waals surface area contributed by atoms with E-state index < -0.39 is 22.8 Å². The Labute approximate surface area is 151 Å². The predicted octanol–water partition coefficient (Wildman–Crippen LogP) is 3.56. The zero-order valence-corrected chi connectivity index (χ0v) is 14.3. The molecule has 130 valence electrons. The first-order chi connectivity index (χ1) is 13.1. The molecule has 0 saturated carbocycles. The van der Waals surface area contributed by atoms with Crippen molar-refractivity contribution in [1.82, 2.24) is 9.29 Å². The second-order valence-corrected chi connectivity index (χ2v) is 7.50. The fraction of sp³-hybridized carbons (Fsp3) is 0.158. The molecule has 1 N–H and O–H groups in total. The van der Waals surface area contributed by atoms with Crippen molar-refractivity contribution < 1.29 is 16.9 Å². The Bertz CT molecular complexity index is 1090. The van der Waals surface area contributed by atoms with Crippen molar-refractivity contribution in [2.24, 2.45) is 0 Å². The number of rotatable bonds is 5. The van der Waals surface area contributed by atoms with Crippen LogP contribution in [0, 0.1) is 12.7 Å². The maximum Gasteiger partial charge on any atom is 0.268 e. The summed E-state index contributed by atoms with van der Waals surface area (Å²) in [5.74, 6) is -0.573. The summed E-state index contributed by atoms with van der Waals surface area (Å²) < 4.78 is 63.5. The van der Waals surface area contributed by atoms with Crippen molar-refractivity contribution in [2.75, 3.05) is 6.98 Å². The van der Waals surface area contributed by atoms with Crippen molar-refractivity contribution in [1.29, 1.82) is 0 Å². The Kier molecular flexibility index (Phi) is 3.77. The maximum absolute atomic E-state index is 14.4. The number of nitrogens with zero attached hydrogens (tertiary/aromatic N) is 1. The molecule has 6 heteroatoms. The Morgan fingerprint density at radius 1 is 1.16 bits per heavy atom. The monoisotopic (exact) mass is 361 g/mol. The minimum Gasteiger partial charge on any atom is -0.316 e. The zero-order chi connectivity index (χ0) is 20.5. The van der Waals surface area contributed by atoms with Gasteiger partial charge in [-0.1, -0.05) is 29.8 Å². The number of hydrogen-bond donors (Lipinski definition) is 1. The summed E-state index contributed by atoms with van der Waals surface area (Å²) in [5, 5.41) is 2.34. The van der Waals surface area contributed by atoms with Crippen LogP contribution < -0.4 is 5.32 Å². The van der Waals surface area contributed by atoms with Gasteiger partial charge in [0.2, 0.25) is 0 Å². The molecule has 0 aliphatic heterocycles. The van der Waals surface area contributed by atoms with E-state index in [9.17, 15) is 12.8 Å². The van der Waals surface area contributed by atoms with Gasteiger partial charge in [0.15, 0.2) is 0 Å². The summed E-state index contributed by atoms with van der Waals surface area (Å²) in [6.45, 7) is -0.625. The highest BCUT2D eigenvalue weighted by Crippen LogP contribution is 2.29. The van der Waals surface area contributed by atoms with Crippen molar-refractivity contribution in [3.63, 3.8) is 0 Å². The van der Waals surface area contributed by atoms with E-state index in [2.05, 4.69) is 5.32 Å². The molecule has 0 radical (unpaired) electrons. The molecule has 4 nitrogen and oxygen atoms in total. The molecule has 3 rings (SSSR count). The lowest BCUT2D eigenvalue weighted by Gasteiger charge is -2.11. The van der Waals surface area contributed by atoms with E-state index in [1.165, 1.54) is 42.6 Å². The number of aryl methyl sites for hydroxylation is 1. The normalized spacial score (nSPS) is 13.9. The van der Waals surface area contributed by atoms with Crippen LogP contribution in [0.5, 0.6) is 0 Å². The highest BCUT2D eigenvalue weighted by molar-refractivity contribution is 7.90. The first-order valence-corrected chi connectivity index (χ1v) is 9.05. The van der Waals surface area contributed by atoms with Crippen LogP contribution in [0.4, 0.5) is 4.39 Å². The van der Waals surface area contributed by atoms with Gasteiger partial charge >= 0.3 is 0 Å². The molecule has 0 atom stereocenters. The van der Waals surface area contributed by atoms with Gasteiger partial charge in [-0.15, -0.1) is 0 Å². The van der Waals surface area contributed by atoms with Crippen LogP contribution in [0.2, 0.25) is 0 Å². The van der Waals surface area contributed by atoms with E-state index >= 15 is 0 Å². The summed E-state index contributed by atoms with van der Waals surface area (Å²) >= 11 is 0. The molecule has 1 heterocycles. The topological polar surface area (TPSA) is 51.1 Å². The molecule has 1 aromatic heterocycles. The quantitative estimate of drug-likeness (QED) is 0.756. The van der Waals surface area contributed by atoms with Gasteiger partial charge in [0.05, 0.1) is 10.6 Å². The van der Waals surface area contributed by atoms with Crippen molar-refractivity contribution in [2.45, 2.75) is 18.4 Å². The van der Waals surface area contributed by atoms with Crippen molar-refractivity contribution >= 4 is 10.0 Å². The number of nitrogens with one attached hydrogen (secondary N) is 1. The second-order valence-electron chi connectivity index (χ2n) is 5.68. The van der Waals surface area contributed by atoms with E-state index in [1.54, 1.807) is 18.2 Å². The van der Waals surface area contributed by atoms with E-state index in [0.717, 1.165) is 9.54 Å². The molecule has 0 fully saturated rings. The lowest BCUT2D eigenvalue weighted by atomic mass is 10.1. The smallest absolute Gasteiger partial charge is 0.268 e. The van der Waals surface area contributed by atoms with Crippen LogP contribution in [-0.4, -0.2) is 19.4 Å². The van der Waals surface area contributed by atoms with E-state index in [0.29, 0.717) is 5.56 Å². The van der Waals surface area contributed by atoms with Gasteiger partial charge in [-0.2, -0.15) is 0 Å². The lowest BCUT2D eigenvalue weighted by Crippen LogP contribution is -2.13. The van der Waals surface area contributed by atoms with Gasteiger partial charge in [-0.25, -0.2) is 16.8 Å². The third-order valence-corrected chi connectivity index (χ3v) is 5.55. The minimum atomic E-state index is -4.00. The molecule has 2 aromatic carbocycles. The molecular formula is C19H19FN2O2S. The Morgan fingerprint density at radius 2 is 1.88 bits per heavy atom. The van der Waals surface area contributed by atoms with Gasteiger partial charge in [-0.3, -0.25) is 0 Å². The second kappa shape index (κ2) is 6.82.